The minimum atomic E-state index is -0.355. The van der Waals surface area contributed by atoms with Crippen molar-refractivity contribution in [3.8, 4) is 17.2 Å². The normalized spacial score (nSPS) is 14.6. The van der Waals surface area contributed by atoms with Crippen LogP contribution >= 0.6 is 0 Å². The third kappa shape index (κ3) is 4.23. The SMILES string of the molecule is COc1cc2[nH]c(N3CCC(NCc4ccccc4C)CC3)nc(=O)c2c(OC)c1OC. The van der Waals surface area contributed by atoms with Gasteiger partial charge in [0, 0.05) is 31.7 Å². The Morgan fingerprint density at radius 1 is 1.09 bits per heavy atom. The van der Waals surface area contributed by atoms with Crippen LogP contribution in [0.5, 0.6) is 17.2 Å². The predicted molar refractivity (Wildman–Crippen MR) is 125 cm³/mol. The van der Waals surface area contributed by atoms with Gasteiger partial charge in [-0.15, -0.1) is 0 Å². The molecule has 3 aromatic rings. The number of fused-ring (bicyclic) bond motifs is 1. The number of methoxy groups -OCH3 is 3. The summed E-state index contributed by atoms with van der Waals surface area (Å²) in [5, 5.41) is 4.02. The van der Waals surface area contributed by atoms with Gasteiger partial charge in [-0.2, -0.15) is 4.98 Å². The Kier molecular flexibility index (Phi) is 6.50. The maximum atomic E-state index is 12.9. The summed E-state index contributed by atoms with van der Waals surface area (Å²) in [6.45, 7) is 4.62. The highest BCUT2D eigenvalue weighted by atomic mass is 16.5. The smallest absolute Gasteiger partial charge is 0.286 e. The molecule has 1 saturated heterocycles. The summed E-state index contributed by atoms with van der Waals surface area (Å²) in [5.41, 5.74) is 2.88. The number of hydrogen-bond donors (Lipinski definition) is 2. The maximum Gasteiger partial charge on any atom is 0.286 e. The molecule has 0 atom stereocenters. The van der Waals surface area contributed by atoms with Gasteiger partial charge in [0.05, 0.1) is 26.8 Å². The van der Waals surface area contributed by atoms with Crippen LogP contribution in [0, 0.1) is 6.92 Å². The number of anilines is 1. The molecule has 0 amide bonds. The van der Waals surface area contributed by atoms with E-state index >= 15 is 0 Å². The highest BCUT2D eigenvalue weighted by Crippen LogP contribution is 2.41. The molecule has 4 rings (SSSR count). The molecular weight excluding hydrogens is 408 g/mol. The Morgan fingerprint density at radius 2 is 1.81 bits per heavy atom. The molecule has 0 spiro atoms. The summed E-state index contributed by atoms with van der Waals surface area (Å²) in [5.74, 6) is 1.75. The number of benzene rings is 2. The van der Waals surface area contributed by atoms with Crippen molar-refractivity contribution in [3.05, 3.63) is 51.8 Å². The van der Waals surface area contributed by atoms with Gasteiger partial charge in [-0.3, -0.25) is 4.79 Å². The topological polar surface area (TPSA) is 88.7 Å². The van der Waals surface area contributed by atoms with E-state index in [1.54, 1.807) is 13.2 Å². The lowest BCUT2D eigenvalue weighted by molar-refractivity contribution is 0.327. The summed E-state index contributed by atoms with van der Waals surface area (Å²) in [6.07, 6.45) is 1.95. The van der Waals surface area contributed by atoms with Gasteiger partial charge in [-0.05, 0) is 30.9 Å². The van der Waals surface area contributed by atoms with Crippen LogP contribution in [0.3, 0.4) is 0 Å². The highest BCUT2D eigenvalue weighted by Gasteiger charge is 2.24. The van der Waals surface area contributed by atoms with Crippen molar-refractivity contribution in [2.24, 2.45) is 0 Å². The molecule has 0 unspecified atom stereocenters. The van der Waals surface area contributed by atoms with E-state index < -0.39 is 0 Å². The van der Waals surface area contributed by atoms with Crippen LogP contribution in [0.25, 0.3) is 10.9 Å². The molecule has 1 aromatic heterocycles. The zero-order valence-corrected chi connectivity index (χ0v) is 19.0. The number of hydrogen-bond acceptors (Lipinski definition) is 7. The second kappa shape index (κ2) is 9.48. The minimum absolute atomic E-state index is 0.321. The fraction of sp³-hybridized carbons (Fsp3) is 0.417. The first-order chi connectivity index (χ1) is 15.5. The number of aromatic amines is 1. The molecule has 0 saturated carbocycles. The number of aryl methyl sites for hydroxylation is 1. The van der Waals surface area contributed by atoms with Gasteiger partial charge in [0.25, 0.3) is 5.56 Å². The number of nitrogens with one attached hydrogen (secondary N) is 2. The number of aromatic nitrogens is 2. The molecule has 1 aliphatic heterocycles. The molecule has 0 radical (unpaired) electrons. The molecule has 170 valence electrons. The Morgan fingerprint density at radius 3 is 2.47 bits per heavy atom. The van der Waals surface area contributed by atoms with E-state index in [0.717, 1.165) is 32.5 Å². The van der Waals surface area contributed by atoms with E-state index in [4.69, 9.17) is 14.2 Å². The average Bonchev–Trinajstić information content (AvgIpc) is 2.82. The monoisotopic (exact) mass is 438 g/mol. The molecule has 32 heavy (non-hydrogen) atoms. The number of ether oxygens (including phenoxy) is 3. The fourth-order valence-electron chi connectivity index (χ4n) is 4.28. The average molecular weight is 439 g/mol. The maximum absolute atomic E-state index is 12.9. The highest BCUT2D eigenvalue weighted by molar-refractivity contribution is 5.90. The van der Waals surface area contributed by atoms with E-state index in [9.17, 15) is 4.79 Å². The predicted octanol–water partition coefficient (Wildman–Crippen LogP) is 3.02. The summed E-state index contributed by atoms with van der Waals surface area (Å²) in [4.78, 5) is 22.6. The molecule has 1 aliphatic rings. The van der Waals surface area contributed by atoms with Crippen molar-refractivity contribution < 1.29 is 14.2 Å². The van der Waals surface area contributed by atoms with E-state index in [1.165, 1.54) is 25.3 Å². The van der Waals surface area contributed by atoms with Crippen molar-refractivity contribution in [1.82, 2.24) is 15.3 Å². The fourth-order valence-corrected chi connectivity index (χ4v) is 4.28. The summed E-state index contributed by atoms with van der Waals surface area (Å²) < 4.78 is 16.3. The number of H-pyrrole nitrogens is 1. The Bertz CT molecular complexity index is 1150. The molecule has 8 nitrogen and oxygen atoms in total. The molecule has 0 aliphatic carbocycles. The zero-order valence-electron chi connectivity index (χ0n) is 19.0. The van der Waals surface area contributed by atoms with Gasteiger partial charge in [0.15, 0.2) is 11.5 Å². The molecular formula is C24H30N4O4. The van der Waals surface area contributed by atoms with Gasteiger partial charge < -0.3 is 29.4 Å². The van der Waals surface area contributed by atoms with E-state index in [0.29, 0.717) is 40.1 Å². The molecule has 2 aromatic carbocycles. The minimum Gasteiger partial charge on any atom is -0.493 e. The number of rotatable bonds is 7. The van der Waals surface area contributed by atoms with Crippen molar-refractivity contribution in [1.29, 1.82) is 0 Å². The largest absolute Gasteiger partial charge is 0.493 e. The summed E-state index contributed by atoms with van der Waals surface area (Å²) in [7, 11) is 4.57. The third-order valence-corrected chi connectivity index (χ3v) is 6.13. The van der Waals surface area contributed by atoms with Crippen molar-refractivity contribution in [3.63, 3.8) is 0 Å². The second-order valence-corrected chi connectivity index (χ2v) is 8.00. The molecule has 8 heteroatoms. The molecule has 0 bridgehead atoms. The van der Waals surface area contributed by atoms with Crippen molar-refractivity contribution in [2.45, 2.75) is 32.4 Å². The summed E-state index contributed by atoms with van der Waals surface area (Å²) in [6, 6.07) is 10.6. The van der Waals surface area contributed by atoms with Crippen molar-refractivity contribution in [2.75, 3.05) is 39.3 Å². The first-order valence-electron chi connectivity index (χ1n) is 10.8. The standard InChI is InChI=1S/C24H30N4O4/c1-15-7-5-6-8-16(15)14-25-17-9-11-28(12-10-17)24-26-18-13-19(30-2)21(31-3)22(32-4)20(18)23(29)27-24/h5-8,13,17,25H,9-12,14H2,1-4H3,(H,26,27,29). The Balaban J connectivity index is 1.51. The summed E-state index contributed by atoms with van der Waals surface area (Å²) >= 11 is 0. The molecule has 2 heterocycles. The van der Waals surface area contributed by atoms with E-state index in [2.05, 4.69) is 51.4 Å². The van der Waals surface area contributed by atoms with Crippen LogP contribution in [-0.2, 0) is 6.54 Å². The Labute approximate surface area is 187 Å². The quantitative estimate of drug-likeness (QED) is 0.586. The molecule has 2 N–H and O–H groups in total. The van der Waals surface area contributed by atoms with Gasteiger partial charge in [0.2, 0.25) is 11.7 Å². The lowest BCUT2D eigenvalue weighted by Gasteiger charge is -2.33. The third-order valence-electron chi connectivity index (χ3n) is 6.13. The zero-order chi connectivity index (χ0) is 22.7. The van der Waals surface area contributed by atoms with Crippen LogP contribution in [-0.4, -0.2) is 50.4 Å². The van der Waals surface area contributed by atoms with Crippen molar-refractivity contribution >= 4 is 16.9 Å². The van der Waals surface area contributed by atoms with Gasteiger partial charge >= 0.3 is 0 Å². The molecule has 1 fully saturated rings. The van der Waals surface area contributed by atoms with Crippen LogP contribution in [0.1, 0.15) is 24.0 Å². The van der Waals surface area contributed by atoms with E-state index in [-0.39, 0.29) is 5.56 Å². The van der Waals surface area contributed by atoms with Gasteiger partial charge in [-0.1, -0.05) is 24.3 Å². The van der Waals surface area contributed by atoms with Gasteiger partial charge in [-0.25, -0.2) is 0 Å². The first-order valence-corrected chi connectivity index (χ1v) is 10.8. The Hall–Kier alpha value is -3.26. The number of nitrogens with zero attached hydrogens (tertiary/aromatic N) is 2. The second-order valence-electron chi connectivity index (χ2n) is 8.00. The lowest BCUT2D eigenvalue weighted by Crippen LogP contribution is -2.43. The first kappa shape index (κ1) is 22.0. The number of piperidine rings is 1. The van der Waals surface area contributed by atoms with Crippen LogP contribution in [0.15, 0.2) is 35.1 Å². The van der Waals surface area contributed by atoms with Crippen LogP contribution in [0.4, 0.5) is 5.95 Å². The van der Waals surface area contributed by atoms with E-state index in [1.807, 2.05) is 0 Å². The van der Waals surface area contributed by atoms with Crippen LogP contribution < -0.4 is 30.0 Å². The van der Waals surface area contributed by atoms with Gasteiger partial charge in [0.1, 0.15) is 5.39 Å². The van der Waals surface area contributed by atoms with Crippen LogP contribution in [0.2, 0.25) is 0 Å². The lowest BCUT2D eigenvalue weighted by atomic mass is 10.0.